The predicted octanol–water partition coefficient (Wildman–Crippen LogP) is 4.60. The van der Waals surface area contributed by atoms with Crippen LogP contribution in [0.2, 0.25) is 0 Å². The highest BCUT2D eigenvalue weighted by molar-refractivity contribution is 5.85. The second-order valence-corrected chi connectivity index (χ2v) is 8.18. The fourth-order valence-corrected chi connectivity index (χ4v) is 3.98. The molecule has 0 spiro atoms. The first-order valence-electron chi connectivity index (χ1n) is 11.3. The Labute approximate surface area is 197 Å². The number of hydrogen-bond donors (Lipinski definition) is 3. The van der Waals surface area contributed by atoms with Crippen molar-refractivity contribution in [3.63, 3.8) is 0 Å². The molecule has 9 heteroatoms. The summed E-state index contributed by atoms with van der Waals surface area (Å²) in [5.74, 6) is 1.46. The molecule has 5 rings (SSSR count). The Morgan fingerprint density at radius 2 is 1.79 bits per heavy atom. The zero-order valence-electron chi connectivity index (χ0n) is 19.0. The van der Waals surface area contributed by atoms with Crippen LogP contribution in [0.25, 0.3) is 10.9 Å². The minimum atomic E-state index is -0.325. The number of para-hydroxylation sites is 2. The summed E-state index contributed by atoms with van der Waals surface area (Å²) in [4.78, 5) is 14.0. The minimum Gasteiger partial charge on any atom is -0.490 e. The molecule has 1 saturated heterocycles. The van der Waals surface area contributed by atoms with Crippen LogP contribution in [-0.2, 0) is 4.74 Å². The number of nitrogens with zero attached hydrogens (tertiary/aromatic N) is 3. The number of halogens is 1. The molecule has 34 heavy (non-hydrogen) atoms. The predicted molar refractivity (Wildman–Crippen MR) is 131 cm³/mol. The molecule has 0 radical (unpaired) electrons. The van der Waals surface area contributed by atoms with Crippen molar-refractivity contribution >= 4 is 33.9 Å². The van der Waals surface area contributed by atoms with Crippen molar-refractivity contribution in [1.29, 1.82) is 0 Å². The van der Waals surface area contributed by atoms with Gasteiger partial charge in [0.2, 0.25) is 0 Å². The topological polar surface area (TPSA) is 87.3 Å². The number of benzene rings is 2. The summed E-state index contributed by atoms with van der Waals surface area (Å²) in [7, 11) is 0. The lowest BCUT2D eigenvalue weighted by Gasteiger charge is -2.26. The van der Waals surface area contributed by atoms with Crippen molar-refractivity contribution in [2.24, 2.45) is 0 Å². The maximum Gasteiger partial charge on any atom is 0.156 e. The lowest BCUT2D eigenvalue weighted by atomic mass is 10.2. The van der Waals surface area contributed by atoms with Crippen LogP contribution in [0.15, 0.2) is 54.9 Å². The SMILES string of the molecule is Cc1cc2c(F)c(Nc3cc(Nc4ccccc4OCCN4CCOCC4)ncn3)ccc2[nH]1. The van der Waals surface area contributed by atoms with Gasteiger partial charge in [0.15, 0.2) is 5.82 Å². The van der Waals surface area contributed by atoms with Crippen LogP contribution in [0.3, 0.4) is 0 Å². The maximum atomic E-state index is 15.0. The first-order chi connectivity index (χ1) is 16.7. The summed E-state index contributed by atoms with van der Waals surface area (Å²) >= 11 is 0. The standard InChI is InChI=1S/C25H27FN6O2/c1-17-14-18-19(29-17)6-7-21(25(18)26)31-24-15-23(27-16-28-24)30-20-4-2-3-5-22(20)34-13-10-32-8-11-33-12-9-32/h2-7,14-16,29H,8-13H2,1H3,(H2,27,28,30,31). The molecule has 0 aliphatic carbocycles. The van der Waals surface area contributed by atoms with Gasteiger partial charge in [-0.15, -0.1) is 0 Å². The summed E-state index contributed by atoms with van der Waals surface area (Å²) in [6.45, 7) is 6.72. The molecule has 0 atom stereocenters. The summed E-state index contributed by atoms with van der Waals surface area (Å²) in [6, 6.07) is 14.8. The second-order valence-electron chi connectivity index (χ2n) is 8.18. The Morgan fingerprint density at radius 1 is 1.03 bits per heavy atom. The van der Waals surface area contributed by atoms with Crippen molar-refractivity contribution in [1.82, 2.24) is 19.9 Å². The van der Waals surface area contributed by atoms with Gasteiger partial charge >= 0.3 is 0 Å². The van der Waals surface area contributed by atoms with Crippen molar-refractivity contribution < 1.29 is 13.9 Å². The normalized spacial score (nSPS) is 14.3. The molecule has 176 valence electrons. The second kappa shape index (κ2) is 10.1. The van der Waals surface area contributed by atoms with Gasteiger partial charge in [0, 0.05) is 42.3 Å². The largest absolute Gasteiger partial charge is 0.490 e. The number of anilines is 4. The van der Waals surface area contributed by atoms with Gasteiger partial charge in [-0.3, -0.25) is 4.90 Å². The van der Waals surface area contributed by atoms with E-state index in [4.69, 9.17) is 9.47 Å². The Kier molecular flexibility index (Phi) is 6.55. The number of ether oxygens (including phenoxy) is 2. The molecule has 1 aliphatic heterocycles. The van der Waals surface area contributed by atoms with E-state index in [9.17, 15) is 4.39 Å². The Balaban J connectivity index is 1.27. The van der Waals surface area contributed by atoms with Gasteiger partial charge in [0.05, 0.1) is 24.6 Å². The number of rotatable bonds is 8. The average molecular weight is 463 g/mol. The van der Waals surface area contributed by atoms with Crippen LogP contribution in [0.1, 0.15) is 5.69 Å². The van der Waals surface area contributed by atoms with E-state index in [2.05, 4.69) is 30.5 Å². The number of aryl methyl sites for hydroxylation is 1. The highest BCUT2D eigenvalue weighted by Gasteiger charge is 2.12. The summed E-state index contributed by atoms with van der Waals surface area (Å²) in [6.07, 6.45) is 1.43. The molecule has 0 unspecified atom stereocenters. The van der Waals surface area contributed by atoms with E-state index in [0.717, 1.165) is 55.5 Å². The fourth-order valence-electron chi connectivity index (χ4n) is 3.98. The highest BCUT2D eigenvalue weighted by Crippen LogP contribution is 2.29. The third-order valence-electron chi connectivity index (χ3n) is 5.72. The van der Waals surface area contributed by atoms with Crippen molar-refractivity contribution in [3.05, 3.63) is 66.4 Å². The third-order valence-corrected chi connectivity index (χ3v) is 5.72. The van der Waals surface area contributed by atoms with Gasteiger partial charge in [-0.1, -0.05) is 12.1 Å². The monoisotopic (exact) mass is 462 g/mol. The zero-order chi connectivity index (χ0) is 23.3. The number of fused-ring (bicyclic) bond motifs is 1. The number of H-pyrrole nitrogens is 1. The molecule has 0 amide bonds. The van der Waals surface area contributed by atoms with Crippen molar-refractivity contribution in [2.75, 3.05) is 50.1 Å². The van der Waals surface area contributed by atoms with Crippen LogP contribution in [0.4, 0.5) is 27.4 Å². The van der Waals surface area contributed by atoms with E-state index < -0.39 is 0 Å². The molecule has 0 bridgehead atoms. The first-order valence-corrected chi connectivity index (χ1v) is 11.3. The molecular weight excluding hydrogens is 435 g/mol. The quantitative estimate of drug-likeness (QED) is 0.353. The summed E-state index contributed by atoms with van der Waals surface area (Å²) < 4.78 is 26.4. The van der Waals surface area contributed by atoms with E-state index >= 15 is 0 Å². The number of aromatic amines is 1. The van der Waals surface area contributed by atoms with Gasteiger partial charge in [0.25, 0.3) is 0 Å². The Bertz CT molecular complexity index is 1270. The molecule has 2 aromatic carbocycles. The lowest BCUT2D eigenvalue weighted by Crippen LogP contribution is -2.38. The zero-order valence-corrected chi connectivity index (χ0v) is 19.0. The van der Waals surface area contributed by atoms with E-state index in [1.54, 1.807) is 18.2 Å². The minimum absolute atomic E-state index is 0.325. The van der Waals surface area contributed by atoms with E-state index in [1.165, 1.54) is 6.33 Å². The fraction of sp³-hybridized carbons (Fsp3) is 0.280. The Hall–Kier alpha value is -3.69. The van der Waals surface area contributed by atoms with Crippen LogP contribution >= 0.6 is 0 Å². The highest BCUT2D eigenvalue weighted by atomic mass is 19.1. The summed E-state index contributed by atoms with van der Waals surface area (Å²) in [5, 5.41) is 6.88. The molecular formula is C25H27FN6O2. The van der Waals surface area contributed by atoms with Crippen LogP contribution in [-0.4, -0.2) is 59.3 Å². The molecule has 3 heterocycles. The molecule has 1 aliphatic rings. The molecule has 2 aromatic heterocycles. The molecule has 4 aromatic rings. The Morgan fingerprint density at radius 3 is 2.62 bits per heavy atom. The van der Waals surface area contributed by atoms with Gasteiger partial charge in [0.1, 0.15) is 30.3 Å². The number of aromatic nitrogens is 3. The molecule has 3 N–H and O–H groups in total. The molecule has 0 saturated carbocycles. The number of nitrogens with one attached hydrogen (secondary N) is 3. The summed E-state index contributed by atoms with van der Waals surface area (Å²) in [5.41, 5.74) is 2.81. The molecule has 8 nitrogen and oxygen atoms in total. The van der Waals surface area contributed by atoms with Crippen LogP contribution < -0.4 is 15.4 Å². The first kappa shape index (κ1) is 22.1. The lowest BCUT2D eigenvalue weighted by molar-refractivity contribution is 0.0323. The van der Waals surface area contributed by atoms with Crippen molar-refractivity contribution in [3.8, 4) is 5.75 Å². The molecule has 1 fully saturated rings. The number of morpholine rings is 1. The van der Waals surface area contributed by atoms with Crippen LogP contribution in [0.5, 0.6) is 5.75 Å². The average Bonchev–Trinajstić information content (AvgIpc) is 3.24. The third kappa shape index (κ3) is 5.11. The van der Waals surface area contributed by atoms with E-state index in [0.29, 0.717) is 29.3 Å². The smallest absolute Gasteiger partial charge is 0.156 e. The van der Waals surface area contributed by atoms with Gasteiger partial charge < -0.3 is 25.1 Å². The maximum absolute atomic E-state index is 15.0. The van der Waals surface area contributed by atoms with E-state index in [1.807, 2.05) is 37.3 Å². The van der Waals surface area contributed by atoms with Gasteiger partial charge in [-0.05, 0) is 37.3 Å². The van der Waals surface area contributed by atoms with Gasteiger partial charge in [-0.2, -0.15) is 0 Å². The van der Waals surface area contributed by atoms with Gasteiger partial charge in [-0.25, -0.2) is 14.4 Å². The number of hydrogen-bond acceptors (Lipinski definition) is 7. The van der Waals surface area contributed by atoms with Crippen molar-refractivity contribution in [2.45, 2.75) is 6.92 Å². The van der Waals surface area contributed by atoms with E-state index in [-0.39, 0.29) is 5.82 Å². The van der Waals surface area contributed by atoms with Crippen LogP contribution in [0, 0.1) is 12.7 Å².